The van der Waals surface area contributed by atoms with E-state index in [0.29, 0.717) is 11.0 Å². The van der Waals surface area contributed by atoms with E-state index in [9.17, 15) is 4.79 Å². The van der Waals surface area contributed by atoms with E-state index in [1.807, 2.05) is 54.8 Å². The minimum Gasteiger partial charge on any atom is -0.310 e. The van der Waals surface area contributed by atoms with Crippen LogP contribution in [0.4, 0.5) is 5.82 Å². The van der Waals surface area contributed by atoms with Gasteiger partial charge in [-0.1, -0.05) is 29.5 Å². The summed E-state index contributed by atoms with van der Waals surface area (Å²) in [6.45, 7) is 3.99. The van der Waals surface area contributed by atoms with Crippen LogP contribution >= 0.6 is 11.8 Å². The second-order valence-corrected chi connectivity index (χ2v) is 6.32. The van der Waals surface area contributed by atoms with Crippen molar-refractivity contribution in [3.05, 3.63) is 60.0 Å². The molecule has 1 aromatic carbocycles. The molecule has 0 aliphatic heterocycles. The van der Waals surface area contributed by atoms with Gasteiger partial charge in [-0.05, 0) is 43.7 Å². The van der Waals surface area contributed by atoms with Crippen LogP contribution < -0.4 is 5.32 Å². The highest BCUT2D eigenvalue weighted by Crippen LogP contribution is 2.20. The molecule has 0 aliphatic rings. The highest BCUT2D eigenvalue weighted by Gasteiger charge is 2.10. The maximum atomic E-state index is 12.1. The number of carbonyl (C=O) groups excluding carboxylic acids is 1. The third-order valence-electron chi connectivity index (χ3n) is 3.34. The first kappa shape index (κ1) is 16.2. The highest BCUT2D eigenvalue weighted by molar-refractivity contribution is 7.99. The zero-order chi connectivity index (χ0) is 16.9. The standard InChI is InChI=1S/C17H17N5OS/c1-12-3-5-14(6-4-12)22-11-19-21-17(22)24-10-16(23)20-15-9-13(2)7-8-18-15/h3-9,11H,10H2,1-2H3,(H,18,20,23). The lowest BCUT2D eigenvalue weighted by molar-refractivity contribution is -0.113. The van der Waals surface area contributed by atoms with Gasteiger partial charge < -0.3 is 5.32 Å². The maximum Gasteiger partial charge on any atom is 0.236 e. The van der Waals surface area contributed by atoms with Crippen molar-refractivity contribution in [2.45, 2.75) is 19.0 Å². The van der Waals surface area contributed by atoms with Crippen molar-refractivity contribution >= 4 is 23.5 Å². The summed E-state index contributed by atoms with van der Waals surface area (Å²) in [6, 6.07) is 11.8. The number of amides is 1. The van der Waals surface area contributed by atoms with Crippen molar-refractivity contribution in [3.63, 3.8) is 0 Å². The molecule has 1 amide bonds. The number of nitrogens with zero attached hydrogens (tertiary/aromatic N) is 4. The number of rotatable bonds is 5. The molecule has 7 heteroatoms. The number of aryl methyl sites for hydroxylation is 2. The number of aromatic nitrogens is 4. The lowest BCUT2D eigenvalue weighted by atomic mass is 10.2. The van der Waals surface area contributed by atoms with Crippen molar-refractivity contribution in [2.75, 3.05) is 11.1 Å². The number of hydrogen-bond donors (Lipinski definition) is 1. The largest absolute Gasteiger partial charge is 0.310 e. The Morgan fingerprint density at radius 3 is 2.71 bits per heavy atom. The first-order chi connectivity index (χ1) is 11.6. The quantitative estimate of drug-likeness (QED) is 0.724. The third-order valence-corrected chi connectivity index (χ3v) is 4.29. The molecule has 24 heavy (non-hydrogen) atoms. The van der Waals surface area contributed by atoms with Crippen LogP contribution in [-0.4, -0.2) is 31.4 Å². The van der Waals surface area contributed by atoms with E-state index >= 15 is 0 Å². The Kier molecular flexibility index (Phi) is 4.90. The van der Waals surface area contributed by atoms with Crippen molar-refractivity contribution in [1.82, 2.24) is 19.7 Å². The number of carbonyl (C=O) groups is 1. The van der Waals surface area contributed by atoms with Gasteiger partial charge in [0.15, 0.2) is 5.16 Å². The molecule has 0 bridgehead atoms. The molecule has 0 radical (unpaired) electrons. The molecule has 6 nitrogen and oxygen atoms in total. The molecule has 0 unspecified atom stereocenters. The number of anilines is 1. The Bertz CT molecular complexity index is 844. The zero-order valence-electron chi connectivity index (χ0n) is 13.4. The second-order valence-electron chi connectivity index (χ2n) is 5.37. The summed E-state index contributed by atoms with van der Waals surface area (Å²) >= 11 is 1.33. The van der Waals surface area contributed by atoms with E-state index in [4.69, 9.17) is 0 Å². The number of nitrogens with one attached hydrogen (secondary N) is 1. The van der Waals surface area contributed by atoms with Crippen molar-refractivity contribution in [2.24, 2.45) is 0 Å². The molecular weight excluding hydrogens is 322 g/mol. The average Bonchev–Trinajstić information content (AvgIpc) is 3.02. The average molecular weight is 339 g/mol. The van der Waals surface area contributed by atoms with Crippen molar-refractivity contribution < 1.29 is 4.79 Å². The van der Waals surface area contributed by atoms with Crippen LogP contribution in [0.3, 0.4) is 0 Å². The minimum atomic E-state index is -0.128. The summed E-state index contributed by atoms with van der Waals surface area (Å²) < 4.78 is 1.86. The molecule has 122 valence electrons. The van der Waals surface area contributed by atoms with Gasteiger partial charge in [-0.3, -0.25) is 9.36 Å². The van der Waals surface area contributed by atoms with Crippen LogP contribution in [0.1, 0.15) is 11.1 Å². The summed E-state index contributed by atoms with van der Waals surface area (Å²) in [4.78, 5) is 16.2. The molecule has 2 aromatic heterocycles. The molecule has 0 fully saturated rings. The number of thioether (sulfide) groups is 1. The number of pyridine rings is 1. The van der Waals surface area contributed by atoms with E-state index in [1.54, 1.807) is 12.5 Å². The van der Waals surface area contributed by atoms with Gasteiger partial charge in [-0.15, -0.1) is 10.2 Å². The third kappa shape index (κ3) is 3.99. The van der Waals surface area contributed by atoms with E-state index in [2.05, 4.69) is 20.5 Å². The van der Waals surface area contributed by atoms with Gasteiger partial charge in [0.2, 0.25) is 5.91 Å². The molecular formula is C17H17N5OS. The van der Waals surface area contributed by atoms with Crippen LogP contribution in [0.25, 0.3) is 5.69 Å². The van der Waals surface area contributed by atoms with Gasteiger partial charge in [0.25, 0.3) is 0 Å². The van der Waals surface area contributed by atoms with E-state index in [1.165, 1.54) is 17.3 Å². The Morgan fingerprint density at radius 2 is 1.96 bits per heavy atom. The summed E-state index contributed by atoms with van der Waals surface area (Å²) in [6.07, 6.45) is 3.32. The first-order valence-corrected chi connectivity index (χ1v) is 8.43. The van der Waals surface area contributed by atoms with Gasteiger partial charge in [0.1, 0.15) is 12.1 Å². The first-order valence-electron chi connectivity index (χ1n) is 7.44. The number of hydrogen-bond acceptors (Lipinski definition) is 5. The van der Waals surface area contributed by atoms with Crippen LogP contribution in [0.5, 0.6) is 0 Å². The molecule has 0 saturated carbocycles. The van der Waals surface area contributed by atoms with E-state index < -0.39 is 0 Å². The van der Waals surface area contributed by atoms with E-state index in [-0.39, 0.29) is 11.7 Å². The Balaban J connectivity index is 1.64. The highest BCUT2D eigenvalue weighted by atomic mass is 32.2. The van der Waals surface area contributed by atoms with Gasteiger partial charge in [-0.2, -0.15) is 0 Å². The Labute approximate surface area is 144 Å². The van der Waals surface area contributed by atoms with Gasteiger partial charge >= 0.3 is 0 Å². The summed E-state index contributed by atoms with van der Waals surface area (Å²) in [5, 5.41) is 11.5. The van der Waals surface area contributed by atoms with Crippen molar-refractivity contribution in [3.8, 4) is 5.69 Å². The predicted octanol–water partition coefficient (Wildman–Crippen LogP) is 3.01. The summed E-state index contributed by atoms with van der Waals surface area (Å²) in [5.41, 5.74) is 3.20. The molecule has 0 saturated heterocycles. The lowest BCUT2D eigenvalue weighted by Gasteiger charge is -2.07. The van der Waals surface area contributed by atoms with Gasteiger partial charge in [-0.25, -0.2) is 4.98 Å². The summed E-state index contributed by atoms with van der Waals surface area (Å²) in [7, 11) is 0. The van der Waals surface area contributed by atoms with Gasteiger partial charge in [0, 0.05) is 11.9 Å². The van der Waals surface area contributed by atoms with Gasteiger partial charge in [0.05, 0.1) is 5.75 Å². The number of benzene rings is 1. The molecule has 3 aromatic rings. The molecule has 0 atom stereocenters. The van der Waals surface area contributed by atoms with E-state index in [0.717, 1.165) is 11.3 Å². The Morgan fingerprint density at radius 1 is 1.17 bits per heavy atom. The molecule has 0 spiro atoms. The normalized spacial score (nSPS) is 10.6. The fraction of sp³-hybridized carbons (Fsp3) is 0.176. The van der Waals surface area contributed by atoms with Crippen LogP contribution in [0.2, 0.25) is 0 Å². The predicted molar refractivity (Wildman–Crippen MR) is 94.4 cm³/mol. The summed E-state index contributed by atoms with van der Waals surface area (Å²) in [5.74, 6) is 0.664. The van der Waals surface area contributed by atoms with Crippen molar-refractivity contribution in [1.29, 1.82) is 0 Å². The van der Waals surface area contributed by atoms with Crippen LogP contribution in [0, 0.1) is 13.8 Å². The Hall–Kier alpha value is -2.67. The molecule has 1 N–H and O–H groups in total. The minimum absolute atomic E-state index is 0.128. The maximum absolute atomic E-state index is 12.1. The van der Waals surface area contributed by atoms with Crippen LogP contribution in [0.15, 0.2) is 54.1 Å². The fourth-order valence-electron chi connectivity index (χ4n) is 2.12. The molecule has 0 aliphatic carbocycles. The smallest absolute Gasteiger partial charge is 0.236 e. The SMILES string of the molecule is Cc1ccc(-n2cnnc2SCC(=O)Nc2cc(C)ccn2)cc1. The monoisotopic (exact) mass is 339 g/mol. The fourth-order valence-corrected chi connectivity index (χ4v) is 2.85. The lowest BCUT2D eigenvalue weighted by Crippen LogP contribution is -2.15. The molecule has 2 heterocycles. The zero-order valence-corrected chi connectivity index (χ0v) is 14.2. The molecule has 3 rings (SSSR count). The topological polar surface area (TPSA) is 72.7 Å². The second kappa shape index (κ2) is 7.27. The van der Waals surface area contributed by atoms with Crippen LogP contribution in [-0.2, 0) is 4.79 Å².